The normalized spacial score (nSPS) is 18.7. The molecule has 2 atom stereocenters. The van der Waals surface area contributed by atoms with Gasteiger partial charge in [0.25, 0.3) is 0 Å². The van der Waals surface area contributed by atoms with Crippen molar-refractivity contribution in [1.29, 1.82) is 0 Å². The standard InChI is InChI=1S/C16H14BrFO2S/c17-11-6-5-10(12(18)8-11)7-13(19)15-9-21-16-4-2-1-3-14(16)20-15/h1-6,8,13,15,19H,7,9H2. The first-order valence-corrected chi connectivity index (χ1v) is 8.42. The maximum Gasteiger partial charge on any atom is 0.134 e. The summed E-state index contributed by atoms with van der Waals surface area (Å²) in [5, 5.41) is 10.3. The van der Waals surface area contributed by atoms with Crippen LogP contribution in [0.25, 0.3) is 0 Å². The van der Waals surface area contributed by atoms with Crippen LogP contribution in [0.5, 0.6) is 5.75 Å². The van der Waals surface area contributed by atoms with Gasteiger partial charge >= 0.3 is 0 Å². The molecule has 110 valence electrons. The van der Waals surface area contributed by atoms with E-state index in [9.17, 15) is 9.50 Å². The molecule has 0 amide bonds. The van der Waals surface area contributed by atoms with Gasteiger partial charge < -0.3 is 9.84 Å². The van der Waals surface area contributed by atoms with Gasteiger partial charge in [-0.2, -0.15) is 0 Å². The second-order valence-corrected chi connectivity index (χ2v) is 6.90. The third kappa shape index (κ3) is 3.42. The van der Waals surface area contributed by atoms with Crippen LogP contribution in [0.1, 0.15) is 5.56 Å². The highest BCUT2D eigenvalue weighted by atomic mass is 79.9. The predicted octanol–water partition coefficient (Wildman–Crippen LogP) is 4.04. The monoisotopic (exact) mass is 368 g/mol. The Kier molecular flexibility index (Phi) is 4.52. The minimum absolute atomic E-state index is 0.243. The van der Waals surface area contributed by atoms with Gasteiger partial charge in [0.2, 0.25) is 0 Å². The van der Waals surface area contributed by atoms with Crippen molar-refractivity contribution in [3.05, 3.63) is 58.3 Å². The lowest BCUT2D eigenvalue weighted by Gasteiger charge is -2.29. The van der Waals surface area contributed by atoms with E-state index in [1.165, 1.54) is 6.07 Å². The molecule has 0 fully saturated rings. The molecule has 0 aromatic heterocycles. The number of aliphatic hydroxyl groups excluding tert-OH is 1. The Bertz CT molecular complexity index is 650. The van der Waals surface area contributed by atoms with E-state index >= 15 is 0 Å². The summed E-state index contributed by atoms with van der Waals surface area (Å²) in [5.41, 5.74) is 0.498. The Balaban J connectivity index is 1.70. The Morgan fingerprint density at radius 3 is 2.95 bits per heavy atom. The van der Waals surface area contributed by atoms with E-state index in [1.807, 2.05) is 24.3 Å². The minimum atomic E-state index is -0.735. The molecule has 2 nitrogen and oxygen atoms in total. The highest BCUT2D eigenvalue weighted by molar-refractivity contribution is 9.10. The van der Waals surface area contributed by atoms with E-state index in [0.717, 1.165) is 10.6 Å². The highest BCUT2D eigenvalue weighted by Crippen LogP contribution is 2.36. The molecule has 0 aliphatic carbocycles. The first kappa shape index (κ1) is 14.9. The van der Waals surface area contributed by atoms with Gasteiger partial charge in [-0.25, -0.2) is 4.39 Å². The summed E-state index contributed by atoms with van der Waals surface area (Å²) < 4.78 is 20.3. The molecule has 0 saturated carbocycles. The number of benzene rings is 2. The third-order valence-electron chi connectivity index (χ3n) is 3.40. The number of fused-ring (bicyclic) bond motifs is 1. The summed E-state index contributed by atoms with van der Waals surface area (Å²) in [6, 6.07) is 12.6. The Hall–Kier alpha value is -1.04. The number of thioether (sulfide) groups is 1. The van der Waals surface area contributed by atoms with Crippen LogP contribution in [-0.2, 0) is 6.42 Å². The molecule has 2 unspecified atom stereocenters. The molecule has 0 spiro atoms. The lowest BCUT2D eigenvalue weighted by atomic mass is 10.0. The van der Waals surface area contributed by atoms with Gasteiger partial charge in [-0.3, -0.25) is 0 Å². The third-order valence-corrected chi connectivity index (χ3v) is 5.04. The molecule has 0 saturated heterocycles. The summed E-state index contributed by atoms with van der Waals surface area (Å²) in [6.45, 7) is 0. The molecule has 21 heavy (non-hydrogen) atoms. The van der Waals surface area contributed by atoms with Crippen molar-refractivity contribution in [2.75, 3.05) is 5.75 Å². The van der Waals surface area contributed by atoms with Crippen molar-refractivity contribution in [3.63, 3.8) is 0 Å². The number of halogens is 2. The van der Waals surface area contributed by atoms with E-state index in [1.54, 1.807) is 23.9 Å². The van der Waals surface area contributed by atoms with Crippen LogP contribution in [-0.4, -0.2) is 23.1 Å². The zero-order chi connectivity index (χ0) is 14.8. The number of ether oxygens (including phenoxy) is 1. The lowest BCUT2D eigenvalue weighted by Crippen LogP contribution is -2.37. The van der Waals surface area contributed by atoms with Crippen LogP contribution in [0.4, 0.5) is 4.39 Å². The number of hydrogen-bond donors (Lipinski definition) is 1. The molecule has 1 aliphatic rings. The Labute approximate surface area is 135 Å². The van der Waals surface area contributed by atoms with E-state index in [2.05, 4.69) is 15.9 Å². The second kappa shape index (κ2) is 6.38. The van der Waals surface area contributed by atoms with Gasteiger partial charge in [-0.1, -0.05) is 34.1 Å². The van der Waals surface area contributed by atoms with Crippen LogP contribution in [0.3, 0.4) is 0 Å². The SMILES string of the molecule is OC(Cc1ccc(Br)cc1F)C1CSc2ccccc2O1. The highest BCUT2D eigenvalue weighted by Gasteiger charge is 2.27. The number of para-hydroxylation sites is 1. The summed E-state index contributed by atoms with van der Waals surface area (Å²) in [6.07, 6.45) is -0.818. The quantitative estimate of drug-likeness (QED) is 0.886. The molecule has 3 rings (SSSR count). The van der Waals surface area contributed by atoms with E-state index in [4.69, 9.17) is 4.74 Å². The van der Waals surface area contributed by atoms with Crippen molar-refractivity contribution >= 4 is 27.7 Å². The van der Waals surface area contributed by atoms with Crippen LogP contribution in [0.2, 0.25) is 0 Å². The number of hydrogen-bond acceptors (Lipinski definition) is 3. The predicted molar refractivity (Wildman–Crippen MR) is 85.4 cm³/mol. The first-order valence-electron chi connectivity index (χ1n) is 6.64. The summed E-state index contributed by atoms with van der Waals surface area (Å²) in [4.78, 5) is 1.08. The number of aliphatic hydroxyl groups is 1. The van der Waals surface area contributed by atoms with Crippen LogP contribution in [0.15, 0.2) is 51.8 Å². The average molecular weight is 369 g/mol. The molecule has 1 N–H and O–H groups in total. The van der Waals surface area contributed by atoms with Crippen molar-refractivity contribution in [3.8, 4) is 5.75 Å². The molecule has 1 heterocycles. The summed E-state index contributed by atoms with van der Waals surface area (Å²) in [7, 11) is 0. The molecular weight excluding hydrogens is 355 g/mol. The second-order valence-electron chi connectivity index (χ2n) is 4.92. The van der Waals surface area contributed by atoms with Gasteiger partial charge in [0.1, 0.15) is 17.7 Å². The zero-order valence-corrected chi connectivity index (χ0v) is 13.5. The fraction of sp³-hybridized carbons (Fsp3) is 0.250. The van der Waals surface area contributed by atoms with E-state index in [0.29, 0.717) is 15.8 Å². The van der Waals surface area contributed by atoms with Crippen molar-refractivity contribution in [2.45, 2.75) is 23.5 Å². The smallest absolute Gasteiger partial charge is 0.134 e. The van der Waals surface area contributed by atoms with Gasteiger partial charge in [-0.15, -0.1) is 11.8 Å². The van der Waals surface area contributed by atoms with Gasteiger partial charge in [-0.05, 0) is 29.8 Å². The lowest BCUT2D eigenvalue weighted by molar-refractivity contribution is 0.0463. The number of rotatable bonds is 3. The van der Waals surface area contributed by atoms with E-state index < -0.39 is 6.10 Å². The fourth-order valence-electron chi connectivity index (χ4n) is 2.27. The fourth-order valence-corrected chi connectivity index (χ4v) is 3.67. The van der Waals surface area contributed by atoms with E-state index in [-0.39, 0.29) is 18.3 Å². The van der Waals surface area contributed by atoms with Crippen molar-refractivity contribution < 1.29 is 14.2 Å². The molecule has 2 aromatic rings. The maximum absolute atomic E-state index is 13.8. The zero-order valence-electron chi connectivity index (χ0n) is 11.1. The van der Waals surface area contributed by atoms with Gasteiger partial charge in [0.15, 0.2) is 0 Å². The molecule has 0 radical (unpaired) electrons. The van der Waals surface area contributed by atoms with Gasteiger partial charge in [0.05, 0.1) is 6.10 Å². The van der Waals surface area contributed by atoms with Crippen LogP contribution < -0.4 is 4.74 Å². The molecule has 1 aliphatic heterocycles. The summed E-state index contributed by atoms with van der Waals surface area (Å²) in [5.74, 6) is 1.14. The van der Waals surface area contributed by atoms with Crippen LogP contribution >= 0.6 is 27.7 Å². The maximum atomic E-state index is 13.8. The van der Waals surface area contributed by atoms with Crippen molar-refractivity contribution in [2.24, 2.45) is 0 Å². The minimum Gasteiger partial charge on any atom is -0.486 e. The largest absolute Gasteiger partial charge is 0.486 e. The van der Waals surface area contributed by atoms with Crippen molar-refractivity contribution in [1.82, 2.24) is 0 Å². The van der Waals surface area contributed by atoms with Crippen LogP contribution in [0, 0.1) is 5.82 Å². The summed E-state index contributed by atoms with van der Waals surface area (Å²) >= 11 is 4.88. The average Bonchev–Trinajstić information content (AvgIpc) is 2.49. The first-order chi connectivity index (χ1) is 10.1. The molecule has 5 heteroatoms. The Morgan fingerprint density at radius 1 is 1.33 bits per heavy atom. The molecular formula is C16H14BrFO2S. The molecule has 0 bridgehead atoms. The topological polar surface area (TPSA) is 29.5 Å². The van der Waals surface area contributed by atoms with Gasteiger partial charge in [0, 0.05) is 21.5 Å². The molecule has 2 aromatic carbocycles. The Morgan fingerprint density at radius 2 is 2.14 bits per heavy atom.